The summed E-state index contributed by atoms with van der Waals surface area (Å²) < 4.78 is 12.4. The van der Waals surface area contributed by atoms with Gasteiger partial charge in [-0.15, -0.1) is 6.58 Å². The van der Waals surface area contributed by atoms with E-state index in [0.717, 1.165) is 32.5 Å². The van der Waals surface area contributed by atoms with E-state index < -0.39 is 8.56 Å². The smallest absolute Gasteiger partial charge is 0.342 e. The van der Waals surface area contributed by atoms with Crippen molar-refractivity contribution in [1.29, 1.82) is 0 Å². The second-order valence-electron chi connectivity index (χ2n) is 5.38. The molecule has 0 radical (unpaired) electrons. The van der Waals surface area contributed by atoms with E-state index in [1.165, 1.54) is 25.7 Å². The van der Waals surface area contributed by atoms with Crippen molar-refractivity contribution >= 4 is 8.56 Å². The van der Waals surface area contributed by atoms with Crippen molar-refractivity contribution in [3.8, 4) is 0 Å². The summed E-state index contributed by atoms with van der Waals surface area (Å²) in [6, 6.07) is 0. The SMILES string of the molecule is C=CC(CC)[Si](C)(OCCCCC)OCCCCC. The minimum absolute atomic E-state index is 0.399. The van der Waals surface area contributed by atoms with E-state index in [2.05, 4.69) is 33.9 Å². The van der Waals surface area contributed by atoms with Gasteiger partial charge in [-0.05, 0) is 25.8 Å². The van der Waals surface area contributed by atoms with E-state index in [0.29, 0.717) is 5.54 Å². The molecule has 0 heterocycles. The Kier molecular flexibility index (Phi) is 11.6. The topological polar surface area (TPSA) is 18.5 Å². The molecule has 0 saturated heterocycles. The van der Waals surface area contributed by atoms with E-state index in [1.807, 2.05) is 6.08 Å². The Morgan fingerprint density at radius 1 is 0.947 bits per heavy atom. The van der Waals surface area contributed by atoms with Gasteiger partial charge in [0.15, 0.2) is 0 Å². The second-order valence-corrected chi connectivity index (χ2v) is 8.73. The van der Waals surface area contributed by atoms with Crippen LogP contribution in [0.2, 0.25) is 12.1 Å². The lowest BCUT2D eigenvalue weighted by Crippen LogP contribution is -2.43. The third kappa shape index (κ3) is 7.90. The minimum atomic E-state index is -2.10. The fraction of sp³-hybridized carbons (Fsp3) is 0.875. The van der Waals surface area contributed by atoms with Gasteiger partial charge in [0.25, 0.3) is 0 Å². The predicted molar refractivity (Wildman–Crippen MR) is 86.8 cm³/mol. The highest BCUT2D eigenvalue weighted by Gasteiger charge is 2.38. The van der Waals surface area contributed by atoms with Gasteiger partial charge in [0.1, 0.15) is 0 Å². The summed E-state index contributed by atoms with van der Waals surface area (Å²) in [5.74, 6) is 0. The first kappa shape index (κ1) is 18.9. The van der Waals surface area contributed by atoms with Gasteiger partial charge in [-0.2, -0.15) is 0 Å². The third-order valence-electron chi connectivity index (χ3n) is 3.67. The van der Waals surface area contributed by atoms with Gasteiger partial charge in [-0.1, -0.05) is 52.5 Å². The second kappa shape index (κ2) is 11.7. The van der Waals surface area contributed by atoms with E-state index in [1.54, 1.807) is 0 Å². The zero-order valence-electron chi connectivity index (χ0n) is 13.5. The first-order chi connectivity index (χ1) is 9.14. The Morgan fingerprint density at radius 2 is 1.42 bits per heavy atom. The molecule has 0 aromatic carbocycles. The normalized spacial score (nSPS) is 13.5. The van der Waals surface area contributed by atoms with Crippen molar-refractivity contribution in [2.75, 3.05) is 13.2 Å². The molecule has 0 bridgehead atoms. The van der Waals surface area contributed by atoms with Crippen LogP contribution in [0.5, 0.6) is 0 Å². The van der Waals surface area contributed by atoms with E-state index in [4.69, 9.17) is 8.85 Å². The van der Waals surface area contributed by atoms with Crippen LogP contribution < -0.4 is 0 Å². The zero-order valence-corrected chi connectivity index (χ0v) is 14.5. The van der Waals surface area contributed by atoms with Crippen molar-refractivity contribution in [3.63, 3.8) is 0 Å². The third-order valence-corrected chi connectivity index (χ3v) is 7.22. The van der Waals surface area contributed by atoms with Crippen molar-refractivity contribution in [2.24, 2.45) is 0 Å². The number of rotatable bonds is 13. The van der Waals surface area contributed by atoms with Crippen LogP contribution in [0.25, 0.3) is 0 Å². The number of allylic oxidation sites excluding steroid dienone is 1. The van der Waals surface area contributed by atoms with Gasteiger partial charge in [0, 0.05) is 18.8 Å². The van der Waals surface area contributed by atoms with Gasteiger partial charge in [-0.3, -0.25) is 0 Å². The van der Waals surface area contributed by atoms with Crippen LogP contribution in [-0.4, -0.2) is 21.8 Å². The maximum atomic E-state index is 6.20. The standard InChI is InChI=1S/C16H34O2Si/c1-6-10-12-14-17-19(5,16(8-3)9-4)18-15-13-11-7-2/h8,16H,3,6-7,9-15H2,1-2,4-5H3. The lowest BCUT2D eigenvalue weighted by molar-refractivity contribution is 0.161. The molecule has 0 aliphatic heterocycles. The Labute approximate surface area is 121 Å². The predicted octanol–water partition coefficient (Wildman–Crippen LogP) is 5.44. The molecule has 0 aliphatic rings. The van der Waals surface area contributed by atoms with Crippen LogP contribution in [0.3, 0.4) is 0 Å². The molecular weight excluding hydrogens is 252 g/mol. The molecule has 114 valence electrons. The quantitative estimate of drug-likeness (QED) is 0.255. The zero-order chi connectivity index (χ0) is 14.6. The van der Waals surface area contributed by atoms with E-state index in [-0.39, 0.29) is 0 Å². The van der Waals surface area contributed by atoms with Crippen LogP contribution >= 0.6 is 0 Å². The fourth-order valence-electron chi connectivity index (χ4n) is 2.26. The molecule has 2 nitrogen and oxygen atoms in total. The van der Waals surface area contributed by atoms with Gasteiger partial charge in [-0.25, -0.2) is 0 Å². The summed E-state index contributed by atoms with van der Waals surface area (Å²) >= 11 is 0. The van der Waals surface area contributed by atoms with Gasteiger partial charge in [0.2, 0.25) is 0 Å². The average molecular weight is 287 g/mol. The molecule has 0 aromatic heterocycles. The molecule has 3 heteroatoms. The van der Waals surface area contributed by atoms with Crippen molar-refractivity contribution in [2.45, 2.75) is 77.8 Å². The summed E-state index contributed by atoms with van der Waals surface area (Å²) in [6.07, 6.45) is 10.3. The molecule has 0 N–H and O–H groups in total. The molecule has 1 unspecified atom stereocenters. The first-order valence-electron chi connectivity index (χ1n) is 8.05. The molecule has 0 saturated carbocycles. The average Bonchev–Trinajstić information content (AvgIpc) is 2.41. The van der Waals surface area contributed by atoms with Crippen molar-refractivity contribution in [1.82, 2.24) is 0 Å². The molecule has 0 amide bonds. The maximum absolute atomic E-state index is 6.20. The molecule has 0 rings (SSSR count). The minimum Gasteiger partial charge on any atom is -0.394 e. The number of unbranched alkanes of at least 4 members (excludes halogenated alkanes) is 4. The van der Waals surface area contributed by atoms with Crippen LogP contribution in [-0.2, 0) is 8.85 Å². The summed E-state index contributed by atoms with van der Waals surface area (Å²) in [5.41, 5.74) is 0.399. The van der Waals surface area contributed by atoms with Gasteiger partial charge in [0.05, 0.1) is 0 Å². The highest BCUT2D eigenvalue weighted by molar-refractivity contribution is 6.68. The summed E-state index contributed by atoms with van der Waals surface area (Å²) in [6.45, 7) is 14.5. The largest absolute Gasteiger partial charge is 0.394 e. The maximum Gasteiger partial charge on any atom is 0.342 e. The summed E-state index contributed by atoms with van der Waals surface area (Å²) in [4.78, 5) is 0. The fourth-order valence-corrected chi connectivity index (χ4v) is 5.04. The highest BCUT2D eigenvalue weighted by atomic mass is 28.4. The van der Waals surface area contributed by atoms with Crippen LogP contribution in [0.1, 0.15) is 65.7 Å². The highest BCUT2D eigenvalue weighted by Crippen LogP contribution is 2.29. The lowest BCUT2D eigenvalue weighted by Gasteiger charge is -2.32. The van der Waals surface area contributed by atoms with Crippen LogP contribution in [0.4, 0.5) is 0 Å². The lowest BCUT2D eigenvalue weighted by atomic mass is 10.3. The molecule has 1 atom stereocenters. The number of hydrogen-bond donors (Lipinski definition) is 0. The molecule has 0 aliphatic carbocycles. The monoisotopic (exact) mass is 286 g/mol. The molecular formula is C16H34O2Si. The van der Waals surface area contributed by atoms with Gasteiger partial charge >= 0.3 is 8.56 Å². The van der Waals surface area contributed by atoms with Crippen molar-refractivity contribution in [3.05, 3.63) is 12.7 Å². The Balaban J connectivity index is 4.30. The Bertz CT molecular complexity index is 207. The number of hydrogen-bond acceptors (Lipinski definition) is 2. The van der Waals surface area contributed by atoms with Crippen molar-refractivity contribution < 1.29 is 8.85 Å². The molecule has 0 spiro atoms. The molecule has 19 heavy (non-hydrogen) atoms. The summed E-state index contributed by atoms with van der Waals surface area (Å²) in [7, 11) is -2.10. The summed E-state index contributed by atoms with van der Waals surface area (Å²) in [5, 5.41) is 0. The van der Waals surface area contributed by atoms with Crippen LogP contribution in [0, 0.1) is 0 Å². The molecule has 0 aromatic rings. The Hall–Kier alpha value is -0.123. The molecule has 0 fully saturated rings. The van der Waals surface area contributed by atoms with Crippen LogP contribution in [0.15, 0.2) is 12.7 Å². The Morgan fingerprint density at radius 3 is 1.74 bits per heavy atom. The first-order valence-corrected chi connectivity index (χ1v) is 10.4. The van der Waals surface area contributed by atoms with Gasteiger partial charge < -0.3 is 8.85 Å². The van der Waals surface area contributed by atoms with E-state index >= 15 is 0 Å². The van der Waals surface area contributed by atoms with E-state index in [9.17, 15) is 0 Å².